The Kier molecular flexibility index (Phi) is 6.06. The summed E-state index contributed by atoms with van der Waals surface area (Å²) in [6.07, 6.45) is 6.83. The van der Waals surface area contributed by atoms with Crippen molar-refractivity contribution in [3.05, 3.63) is 66.5 Å². The van der Waals surface area contributed by atoms with Crippen LogP contribution in [0.5, 0.6) is 0 Å². The van der Waals surface area contributed by atoms with Crippen molar-refractivity contribution in [2.24, 2.45) is 0 Å². The van der Waals surface area contributed by atoms with E-state index in [0.29, 0.717) is 6.61 Å². The quantitative estimate of drug-likeness (QED) is 0.660. The summed E-state index contributed by atoms with van der Waals surface area (Å²) in [7, 11) is 0. The van der Waals surface area contributed by atoms with Gasteiger partial charge in [-0.05, 0) is 49.9 Å². The number of nitrogens with zero attached hydrogens (tertiary/aromatic N) is 2. The first-order valence-electron chi connectivity index (χ1n) is 10.3. The van der Waals surface area contributed by atoms with Crippen LogP contribution in [0.25, 0.3) is 10.8 Å². The van der Waals surface area contributed by atoms with Crippen LogP contribution in [0, 0.1) is 0 Å². The minimum absolute atomic E-state index is 0.156. The highest BCUT2D eigenvalue weighted by atomic mass is 16.5. The molecule has 4 rings (SSSR count). The van der Waals surface area contributed by atoms with E-state index in [2.05, 4.69) is 21.3 Å². The molecule has 5 nitrogen and oxygen atoms in total. The number of rotatable bonds is 6. The van der Waals surface area contributed by atoms with Gasteiger partial charge >= 0.3 is 0 Å². The molecule has 1 saturated heterocycles. The van der Waals surface area contributed by atoms with E-state index >= 15 is 0 Å². The average molecular weight is 389 g/mol. The Morgan fingerprint density at radius 1 is 1.07 bits per heavy atom. The summed E-state index contributed by atoms with van der Waals surface area (Å²) >= 11 is 0. The molecule has 2 aromatic carbocycles. The van der Waals surface area contributed by atoms with Gasteiger partial charge in [0, 0.05) is 41.9 Å². The summed E-state index contributed by atoms with van der Waals surface area (Å²) in [6.45, 7) is 4.34. The zero-order valence-electron chi connectivity index (χ0n) is 16.8. The molecule has 1 amide bonds. The first-order chi connectivity index (χ1) is 14.2. The van der Waals surface area contributed by atoms with Crippen LogP contribution in [0.3, 0.4) is 0 Å². The van der Waals surface area contributed by atoms with Crippen molar-refractivity contribution in [1.82, 2.24) is 4.98 Å². The Bertz CT molecular complexity index is 968. The fourth-order valence-corrected chi connectivity index (χ4v) is 3.80. The van der Waals surface area contributed by atoms with Gasteiger partial charge in [0.15, 0.2) is 0 Å². The molecular formula is C24H27N3O2. The van der Waals surface area contributed by atoms with Gasteiger partial charge in [0.25, 0.3) is 5.91 Å². The Morgan fingerprint density at radius 3 is 2.66 bits per heavy atom. The molecule has 1 aliphatic heterocycles. The van der Waals surface area contributed by atoms with Crippen LogP contribution in [0.1, 0.15) is 31.7 Å². The molecule has 0 bridgehead atoms. The van der Waals surface area contributed by atoms with Crippen molar-refractivity contribution in [3.63, 3.8) is 0 Å². The monoisotopic (exact) mass is 389 g/mol. The molecule has 0 spiro atoms. The van der Waals surface area contributed by atoms with Crippen molar-refractivity contribution in [1.29, 1.82) is 0 Å². The molecule has 1 N–H and O–H groups in total. The number of nitrogens with one attached hydrogen (secondary N) is 1. The molecular weight excluding hydrogens is 362 g/mol. The number of piperidine rings is 1. The van der Waals surface area contributed by atoms with Crippen molar-refractivity contribution in [2.45, 2.75) is 38.9 Å². The Hall–Kier alpha value is -2.92. The molecule has 1 aliphatic rings. The predicted octanol–water partition coefficient (Wildman–Crippen LogP) is 4.77. The van der Waals surface area contributed by atoms with E-state index in [9.17, 15) is 4.79 Å². The van der Waals surface area contributed by atoms with E-state index < -0.39 is 6.10 Å². The summed E-state index contributed by atoms with van der Waals surface area (Å²) in [5.74, 6) is -0.156. The van der Waals surface area contributed by atoms with Gasteiger partial charge in [0.2, 0.25) is 0 Å². The van der Waals surface area contributed by atoms with Crippen LogP contribution in [0.2, 0.25) is 0 Å². The van der Waals surface area contributed by atoms with E-state index in [1.54, 1.807) is 6.92 Å². The molecule has 0 saturated carbocycles. The summed E-state index contributed by atoms with van der Waals surface area (Å²) in [6, 6.07) is 16.0. The van der Waals surface area contributed by atoms with Gasteiger partial charge in [-0.15, -0.1) is 0 Å². The number of benzene rings is 2. The zero-order valence-corrected chi connectivity index (χ0v) is 16.8. The summed E-state index contributed by atoms with van der Waals surface area (Å²) in [5.41, 5.74) is 3.04. The van der Waals surface area contributed by atoms with E-state index in [4.69, 9.17) is 4.74 Å². The van der Waals surface area contributed by atoms with Crippen molar-refractivity contribution in [2.75, 3.05) is 23.3 Å². The lowest BCUT2D eigenvalue weighted by Gasteiger charge is -2.30. The van der Waals surface area contributed by atoms with Gasteiger partial charge in [-0.2, -0.15) is 0 Å². The number of hydrogen-bond acceptors (Lipinski definition) is 4. The number of aromatic nitrogens is 1. The average Bonchev–Trinajstić information content (AvgIpc) is 2.79. The second kappa shape index (κ2) is 9.05. The zero-order chi connectivity index (χ0) is 20.1. The molecule has 3 aromatic rings. The highest BCUT2D eigenvalue weighted by molar-refractivity contribution is 6.07. The molecule has 29 heavy (non-hydrogen) atoms. The van der Waals surface area contributed by atoms with Gasteiger partial charge in [-0.1, -0.05) is 30.3 Å². The summed E-state index contributed by atoms with van der Waals surface area (Å²) in [5, 5.41) is 5.11. The third kappa shape index (κ3) is 4.57. The molecule has 1 atom stereocenters. The van der Waals surface area contributed by atoms with Crippen LogP contribution in [0.15, 0.2) is 60.9 Å². The molecule has 1 unspecified atom stereocenters. The second-order valence-electron chi connectivity index (χ2n) is 7.53. The number of amides is 1. The number of carbonyl (C=O) groups is 1. The van der Waals surface area contributed by atoms with Crippen LogP contribution >= 0.6 is 0 Å². The number of ether oxygens (including phenoxy) is 1. The van der Waals surface area contributed by atoms with E-state index in [1.165, 1.54) is 24.9 Å². The van der Waals surface area contributed by atoms with Crippen LogP contribution in [-0.4, -0.2) is 30.1 Å². The second-order valence-corrected chi connectivity index (χ2v) is 7.53. The minimum Gasteiger partial charge on any atom is -0.371 e. The van der Waals surface area contributed by atoms with E-state index in [0.717, 1.165) is 35.1 Å². The maximum atomic E-state index is 12.7. The van der Waals surface area contributed by atoms with Crippen molar-refractivity contribution < 1.29 is 9.53 Å². The topological polar surface area (TPSA) is 54.5 Å². The van der Waals surface area contributed by atoms with Gasteiger partial charge in [-0.25, -0.2) is 0 Å². The van der Waals surface area contributed by atoms with Crippen molar-refractivity contribution >= 4 is 28.1 Å². The maximum Gasteiger partial charge on any atom is 0.253 e. The summed E-state index contributed by atoms with van der Waals surface area (Å²) in [4.78, 5) is 19.4. The molecule has 150 valence electrons. The van der Waals surface area contributed by atoms with Crippen LogP contribution in [-0.2, 0) is 16.1 Å². The van der Waals surface area contributed by atoms with Gasteiger partial charge in [0.05, 0.1) is 12.3 Å². The standard InChI is InChI=1S/C24H27N3O2/c1-18(29-17-19-8-4-2-5-9-19)24(28)26-22-10-11-23(27-14-6-3-7-15-27)20-12-13-25-16-21(20)22/h2,4-5,8-13,16,18H,3,6-7,14-15,17H2,1H3,(H,26,28). The fraction of sp³-hybridized carbons (Fsp3) is 0.333. The normalized spacial score (nSPS) is 15.3. The fourth-order valence-electron chi connectivity index (χ4n) is 3.80. The smallest absolute Gasteiger partial charge is 0.253 e. The number of pyridine rings is 1. The highest BCUT2D eigenvalue weighted by Gasteiger charge is 2.18. The molecule has 0 aliphatic carbocycles. The Labute approximate surface area is 171 Å². The van der Waals surface area contributed by atoms with Gasteiger partial charge < -0.3 is 15.0 Å². The molecule has 5 heteroatoms. The lowest BCUT2D eigenvalue weighted by molar-refractivity contribution is -0.127. The largest absolute Gasteiger partial charge is 0.371 e. The molecule has 1 aromatic heterocycles. The van der Waals surface area contributed by atoms with Crippen LogP contribution in [0.4, 0.5) is 11.4 Å². The minimum atomic E-state index is -0.552. The molecule has 2 heterocycles. The number of fused-ring (bicyclic) bond motifs is 1. The number of hydrogen-bond donors (Lipinski definition) is 1. The lowest BCUT2D eigenvalue weighted by atomic mass is 10.0. The highest BCUT2D eigenvalue weighted by Crippen LogP contribution is 2.33. The lowest BCUT2D eigenvalue weighted by Crippen LogP contribution is -2.30. The SMILES string of the molecule is CC(OCc1ccccc1)C(=O)Nc1ccc(N2CCCCC2)c2ccncc12. The molecule has 0 radical (unpaired) electrons. The first-order valence-corrected chi connectivity index (χ1v) is 10.3. The van der Waals surface area contributed by atoms with Crippen LogP contribution < -0.4 is 10.2 Å². The number of anilines is 2. The van der Waals surface area contributed by atoms with Gasteiger partial charge in [0.1, 0.15) is 6.10 Å². The summed E-state index contributed by atoms with van der Waals surface area (Å²) < 4.78 is 5.76. The third-order valence-electron chi connectivity index (χ3n) is 5.46. The van der Waals surface area contributed by atoms with E-state index in [1.807, 2.05) is 54.9 Å². The third-order valence-corrected chi connectivity index (χ3v) is 5.46. The Morgan fingerprint density at radius 2 is 1.86 bits per heavy atom. The predicted molar refractivity (Wildman–Crippen MR) is 117 cm³/mol. The maximum absolute atomic E-state index is 12.7. The van der Waals surface area contributed by atoms with Crippen molar-refractivity contribution in [3.8, 4) is 0 Å². The number of carbonyl (C=O) groups excluding carboxylic acids is 1. The van der Waals surface area contributed by atoms with E-state index in [-0.39, 0.29) is 5.91 Å². The molecule has 1 fully saturated rings. The van der Waals surface area contributed by atoms with Gasteiger partial charge in [-0.3, -0.25) is 9.78 Å². The first kappa shape index (κ1) is 19.4. The Balaban J connectivity index is 1.49.